The second-order valence-electron chi connectivity index (χ2n) is 5.66. The normalized spacial score (nSPS) is 17.0. The van der Waals surface area contributed by atoms with Crippen molar-refractivity contribution in [3.05, 3.63) is 28.8 Å². The Labute approximate surface area is 115 Å². The molecule has 3 heteroatoms. The van der Waals surface area contributed by atoms with Crippen LogP contribution < -0.4 is 4.90 Å². The van der Waals surface area contributed by atoms with Gasteiger partial charge in [-0.1, -0.05) is 31.5 Å². The summed E-state index contributed by atoms with van der Waals surface area (Å²) < 4.78 is 0. The molecule has 2 nitrogen and oxygen atoms in total. The van der Waals surface area contributed by atoms with Gasteiger partial charge in [0.05, 0.1) is 6.10 Å². The van der Waals surface area contributed by atoms with Crippen molar-refractivity contribution in [2.24, 2.45) is 5.92 Å². The molecule has 1 saturated carbocycles. The van der Waals surface area contributed by atoms with Gasteiger partial charge in [-0.3, -0.25) is 0 Å². The smallest absolute Gasteiger partial charge is 0.0776 e. The van der Waals surface area contributed by atoms with Crippen molar-refractivity contribution in [2.45, 2.75) is 45.8 Å². The topological polar surface area (TPSA) is 23.5 Å². The third-order valence-electron chi connectivity index (χ3n) is 3.32. The first-order valence-electron chi connectivity index (χ1n) is 6.73. The minimum absolute atomic E-state index is 0.508. The third-order valence-corrected chi connectivity index (χ3v) is 3.64. The average molecular weight is 268 g/mol. The molecule has 1 unspecified atom stereocenters. The van der Waals surface area contributed by atoms with Crippen molar-refractivity contribution < 1.29 is 5.11 Å². The van der Waals surface area contributed by atoms with Crippen molar-refractivity contribution in [3.63, 3.8) is 0 Å². The Kier molecular flexibility index (Phi) is 4.18. The average Bonchev–Trinajstić information content (AvgIpc) is 3.08. The largest absolute Gasteiger partial charge is 0.389 e. The van der Waals surface area contributed by atoms with E-state index in [2.05, 4.69) is 24.8 Å². The molecule has 0 aromatic heterocycles. The summed E-state index contributed by atoms with van der Waals surface area (Å²) >= 11 is 6.24. The Balaban J connectivity index is 2.22. The molecule has 100 valence electrons. The molecular weight excluding hydrogens is 246 g/mol. The van der Waals surface area contributed by atoms with Crippen LogP contribution in [0.4, 0.5) is 5.69 Å². The lowest BCUT2D eigenvalue weighted by molar-refractivity contribution is 0.199. The van der Waals surface area contributed by atoms with Gasteiger partial charge in [-0.15, -0.1) is 0 Å². The molecule has 1 N–H and O–H groups in total. The number of rotatable bonds is 5. The first-order chi connectivity index (χ1) is 8.49. The van der Waals surface area contributed by atoms with E-state index in [1.54, 1.807) is 6.92 Å². The number of anilines is 1. The second-order valence-corrected chi connectivity index (χ2v) is 6.07. The fraction of sp³-hybridized carbons (Fsp3) is 0.600. The van der Waals surface area contributed by atoms with Gasteiger partial charge < -0.3 is 10.0 Å². The first-order valence-corrected chi connectivity index (χ1v) is 7.11. The number of benzene rings is 1. The maximum atomic E-state index is 9.60. The highest BCUT2D eigenvalue weighted by atomic mass is 35.5. The minimum Gasteiger partial charge on any atom is -0.389 e. The molecule has 0 spiro atoms. The Bertz CT molecular complexity index is 413. The van der Waals surface area contributed by atoms with Crippen LogP contribution in [0, 0.1) is 5.92 Å². The minimum atomic E-state index is -0.508. The lowest BCUT2D eigenvalue weighted by Gasteiger charge is -2.27. The lowest BCUT2D eigenvalue weighted by Crippen LogP contribution is -2.29. The van der Waals surface area contributed by atoms with Crippen molar-refractivity contribution in [1.29, 1.82) is 0 Å². The molecule has 0 radical (unpaired) electrons. The van der Waals surface area contributed by atoms with Crippen LogP contribution in [0.5, 0.6) is 0 Å². The summed E-state index contributed by atoms with van der Waals surface area (Å²) in [5.74, 6) is 0.640. The number of nitrogens with zero attached hydrogens (tertiary/aromatic N) is 1. The van der Waals surface area contributed by atoms with E-state index in [1.165, 1.54) is 18.5 Å². The van der Waals surface area contributed by atoms with Crippen LogP contribution in [0.15, 0.2) is 18.2 Å². The Morgan fingerprint density at radius 3 is 2.44 bits per heavy atom. The summed E-state index contributed by atoms with van der Waals surface area (Å²) in [6.45, 7) is 7.28. The van der Waals surface area contributed by atoms with Gasteiger partial charge in [-0.2, -0.15) is 0 Å². The fourth-order valence-corrected chi connectivity index (χ4v) is 2.61. The van der Waals surface area contributed by atoms with Gasteiger partial charge in [0.2, 0.25) is 0 Å². The van der Waals surface area contributed by atoms with E-state index in [0.717, 1.165) is 12.1 Å². The monoisotopic (exact) mass is 267 g/mol. The molecule has 1 aliphatic carbocycles. The number of hydrogen-bond acceptors (Lipinski definition) is 2. The number of aliphatic hydroxyl groups is 1. The van der Waals surface area contributed by atoms with Gasteiger partial charge in [0.1, 0.15) is 0 Å². The van der Waals surface area contributed by atoms with Crippen LogP contribution in [0.25, 0.3) is 0 Å². The highest BCUT2D eigenvalue weighted by Gasteiger charge is 2.29. The highest BCUT2D eigenvalue weighted by molar-refractivity contribution is 6.31. The zero-order valence-electron chi connectivity index (χ0n) is 11.4. The number of halogens is 1. The zero-order valence-corrected chi connectivity index (χ0v) is 12.1. The molecule has 1 fully saturated rings. The molecule has 18 heavy (non-hydrogen) atoms. The van der Waals surface area contributed by atoms with Crippen molar-refractivity contribution in [3.8, 4) is 0 Å². The van der Waals surface area contributed by atoms with E-state index in [-0.39, 0.29) is 0 Å². The standard InChI is InChI=1S/C15H22ClNO/c1-10(2)9-17(12-4-5-12)13-6-7-14(11(3)18)15(16)8-13/h6-8,10-12,18H,4-5,9H2,1-3H3. The van der Waals surface area contributed by atoms with Gasteiger partial charge >= 0.3 is 0 Å². The Hall–Kier alpha value is -0.730. The molecule has 0 bridgehead atoms. The van der Waals surface area contributed by atoms with Crippen LogP contribution in [0.2, 0.25) is 5.02 Å². The molecule has 2 rings (SSSR count). The maximum absolute atomic E-state index is 9.60. The molecule has 0 saturated heterocycles. The van der Waals surface area contributed by atoms with Crippen LogP contribution in [0.1, 0.15) is 45.3 Å². The molecule has 1 aromatic carbocycles. The maximum Gasteiger partial charge on any atom is 0.0776 e. The summed E-state index contributed by atoms with van der Waals surface area (Å²) in [6, 6.07) is 6.69. The summed E-state index contributed by atoms with van der Waals surface area (Å²) in [5, 5.41) is 10.3. The second kappa shape index (κ2) is 5.50. The number of aliphatic hydroxyl groups excluding tert-OH is 1. The molecular formula is C15H22ClNO. The van der Waals surface area contributed by atoms with E-state index >= 15 is 0 Å². The van der Waals surface area contributed by atoms with Crippen molar-refractivity contribution in [1.82, 2.24) is 0 Å². The summed E-state index contributed by atoms with van der Waals surface area (Å²) in [4.78, 5) is 2.45. The third kappa shape index (κ3) is 3.18. The van der Waals surface area contributed by atoms with Crippen molar-refractivity contribution in [2.75, 3.05) is 11.4 Å². The summed E-state index contributed by atoms with van der Waals surface area (Å²) in [7, 11) is 0. The van der Waals surface area contributed by atoms with E-state index in [1.807, 2.05) is 12.1 Å². The van der Waals surface area contributed by atoms with Crippen molar-refractivity contribution >= 4 is 17.3 Å². The SMILES string of the molecule is CC(C)CN(c1ccc(C(C)O)c(Cl)c1)C1CC1. The predicted molar refractivity (Wildman–Crippen MR) is 77.3 cm³/mol. The van der Waals surface area contributed by atoms with E-state index < -0.39 is 6.10 Å². The number of hydrogen-bond donors (Lipinski definition) is 1. The molecule has 1 aromatic rings. The van der Waals surface area contributed by atoms with E-state index in [0.29, 0.717) is 17.0 Å². The van der Waals surface area contributed by atoms with Gasteiger partial charge in [0.25, 0.3) is 0 Å². The molecule has 0 heterocycles. The van der Waals surface area contributed by atoms with Crippen LogP contribution in [-0.4, -0.2) is 17.7 Å². The van der Waals surface area contributed by atoms with E-state index in [9.17, 15) is 5.11 Å². The van der Waals surface area contributed by atoms with Crippen LogP contribution in [0.3, 0.4) is 0 Å². The van der Waals surface area contributed by atoms with Gasteiger partial charge in [0.15, 0.2) is 0 Å². The Morgan fingerprint density at radius 2 is 2.00 bits per heavy atom. The molecule has 0 amide bonds. The van der Waals surface area contributed by atoms with Gasteiger partial charge in [-0.05, 0) is 43.4 Å². The van der Waals surface area contributed by atoms with Crippen LogP contribution >= 0.6 is 11.6 Å². The lowest BCUT2D eigenvalue weighted by atomic mass is 10.1. The zero-order chi connectivity index (χ0) is 13.3. The molecule has 0 aliphatic heterocycles. The van der Waals surface area contributed by atoms with Gasteiger partial charge in [0, 0.05) is 23.3 Å². The van der Waals surface area contributed by atoms with Gasteiger partial charge in [-0.25, -0.2) is 0 Å². The highest BCUT2D eigenvalue weighted by Crippen LogP contribution is 2.35. The molecule has 1 atom stereocenters. The summed E-state index contributed by atoms with van der Waals surface area (Å²) in [5.41, 5.74) is 1.99. The summed E-state index contributed by atoms with van der Waals surface area (Å²) in [6.07, 6.45) is 2.05. The quantitative estimate of drug-likeness (QED) is 0.871. The first kappa shape index (κ1) is 13.7. The van der Waals surface area contributed by atoms with E-state index in [4.69, 9.17) is 11.6 Å². The molecule has 1 aliphatic rings. The fourth-order valence-electron chi connectivity index (χ4n) is 2.28. The Morgan fingerprint density at radius 1 is 1.33 bits per heavy atom. The predicted octanol–water partition coefficient (Wildman–Crippen LogP) is 4.02. The van der Waals surface area contributed by atoms with Crippen LogP contribution in [-0.2, 0) is 0 Å².